The predicted octanol–water partition coefficient (Wildman–Crippen LogP) is 2.98. The van der Waals surface area contributed by atoms with Crippen LogP contribution in [-0.4, -0.2) is 12.2 Å². The molecule has 0 unspecified atom stereocenters. The number of benzene rings is 2. The predicted molar refractivity (Wildman–Crippen MR) is 77.4 cm³/mol. The summed E-state index contributed by atoms with van der Waals surface area (Å²) in [6.45, 7) is 3.91. The normalized spacial score (nSPS) is 12.2. The summed E-state index contributed by atoms with van der Waals surface area (Å²) >= 11 is 0. The minimum atomic E-state index is -0.741. The van der Waals surface area contributed by atoms with Crippen LogP contribution in [0.3, 0.4) is 0 Å². The van der Waals surface area contributed by atoms with Gasteiger partial charge in [-0.3, -0.25) is 0 Å². The summed E-state index contributed by atoms with van der Waals surface area (Å²) in [7, 11) is 1.62. The Bertz CT molecular complexity index is 593. The van der Waals surface area contributed by atoms with Crippen LogP contribution >= 0.6 is 0 Å². The van der Waals surface area contributed by atoms with E-state index in [1.807, 2.05) is 50.2 Å². The van der Waals surface area contributed by atoms with Gasteiger partial charge in [0.05, 0.1) is 7.11 Å². The molecule has 0 fully saturated rings. The molecule has 3 nitrogen and oxygen atoms in total. The molecule has 0 bridgehead atoms. The van der Waals surface area contributed by atoms with Crippen LogP contribution in [0, 0.1) is 13.8 Å². The fourth-order valence-electron chi connectivity index (χ4n) is 2.25. The number of aryl methyl sites for hydroxylation is 1. The summed E-state index contributed by atoms with van der Waals surface area (Å²) in [4.78, 5) is 0. The smallest absolute Gasteiger partial charge is 0.122 e. The van der Waals surface area contributed by atoms with Crippen LogP contribution in [0.1, 0.15) is 28.4 Å². The maximum absolute atomic E-state index is 10.6. The number of aliphatic hydroxyl groups is 1. The maximum atomic E-state index is 10.6. The highest BCUT2D eigenvalue weighted by atomic mass is 16.5. The highest BCUT2D eigenvalue weighted by molar-refractivity contribution is 5.54. The molecule has 19 heavy (non-hydrogen) atoms. The molecule has 3 heteroatoms. The van der Waals surface area contributed by atoms with E-state index in [9.17, 15) is 5.11 Å². The number of hydrogen-bond acceptors (Lipinski definition) is 3. The van der Waals surface area contributed by atoms with Crippen molar-refractivity contribution in [3.63, 3.8) is 0 Å². The van der Waals surface area contributed by atoms with E-state index < -0.39 is 6.10 Å². The van der Waals surface area contributed by atoms with Gasteiger partial charge in [0.1, 0.15) is 11.9 Å². The van der Waals surface area contributed by atoms with Gasteiger partial charge >= 0.3 is 0 Å². The van der Waals surface area contributed by atoms with E-state index in [-0.39, 0.29) is 0 Å². The number of rotatable bonds is 3. The highest BCUT2D eigenvalue weighted by Gasteiger charge is 2.17. The second kappa shape index (κ2) is 5.33. The molecule has 0 aliphatic carbocycles. The van der Waals surface area contributed by atoms with Gasteiger partial charge in [0.25, 0.3) is 0 Å². The summed E-state index contributed by atoms with van der Waals surface area (Å²) in [6.07, 6.45) is -0.741. The molecule has 2 aromatic rings. The quantitative estimate of drug-likeness (QED) is 0.831. The maximum Gasteiger partial charge on any atom is 0.122 e. The number of anilines is 1. The van der Waals surface area contributed by atoms with Gasteiger partial charge in [-0.05, 0) is 37.1 Å². The van der Waals surface area contributed by atoms with E-state index in [2.05, 4.69) is 0 Å². The Balaban J connectivity index is 2.50. The minimum absolute atomic E-state index is 0.598. The summed E-state index contributed by atoms with van der Waals surface area (Å²) in [5, 5.41) is 10.6. The molecule has 0 aliphatic rings. The van der Waals surface area contributed by atoms with E-state index in [4.69, 9.17) is 10.5 Å². The average molecular weight is 257 g/mol. The third kappa shape index (κ3) is 2.56. The molecule has 0 saturated heterocycles. The summed E-state index contributed by atoms with van der Waals surface area (Å²) < 4.78 is 5.28. The van der Waals surface area contributed by atoms with E-state index in [1.54, 1.807) is 7.11 Å². The molecule has 3 N–H and O–H groups in total. The molecule has 0 saturated carbocycles. The van der Waals surface area contributed by atoms with Gasteiger partial charge in [-0.1, -0.05) is 29.8 Å². The van der Waals surface area contributed by atoms with Crippen molar-refractivity contribution in [1.82, 2.24) is 0 Å². The van der Waals surface area contributed by atoms with E-state index in [0.29, 0.717) is 5.69 Å². The summed E-state index contributed by atoms with van der Waals surface area (Å²) in [5.41, 5.74) is 10.1. The zero-order valence-electron chi connectivity index (χ0n) is 11.5. The molecule has 0 aromatic heterocycles. The Labute approximate surface area is 113 Å². The van der Waals surface area contributed by atoms with Crippen LogP contribution in [0.2, 0.25) is 0 Å². The van der Waals surface area contributed by atoms with Crippen LogP contribution in [0.25, 0.3) is 0 Å². The second-order valence-electron chi connectivity index (χ2n) is 4.71. The third-order valence-electron chi connectivity index (χ3n) is 3.38. The van der Waals surface area contributed by atoms with Crippen molar-refractivity contribution in [3.8, 4) is 5.75 Å². The van der Waals surface area contributed by atoms with Gasteiger partial charge in [0.2, 0.25) is 0 Å². The first-order valence-electron chi connectivity index (χ1n) is 6.22. The van der Waals surface area contributed by atoms with Gasteiger partial charge in [-0.2, -0.15) is 0 Å². The molecule has 2 rings (SSSR count). The molecule has 0 spiro atoms. The Hall–Kier alpha value is -2.00. The Morgan fingerprint density at radius 1 is 1.11 bits per heavy atom. The molecule has 2 aromatic carbocycles. The van der Waals surface area contributed by atoms with E-state index in [0.717, 1.165) is 28.0 Å². The molecule has 0 aliphatic heterocycles. The van der Waals surface area contributed by atoms with Crippen LogP contribution in [0.4, 0.5) is 5.69 Å². The first-order valence-corrected chi connectivity index (χ1v) is 6.22. The van der Waals surface area contributed by atoms with Crippen LogP contribution in [0.15, 0.2) is 36.4 Å². The largest absolute Gasteiger partial charge is 0.496 e. The van der Waals surface area contributed by atoms with Crippen molar-refractivity contribution < 1.29 is 9.84 Å². The molecule has 0 heterocycles. The second-order valence-corrected chi connectivity index (χ2v) is 4.71. The fraction of sp³-hybridized carbons (Fsp3) is 0.250. The van der Waals surface area contributed by atoms with E-state index in [1.165, 1.54) is 0 Å². The Morgan fingerprint density at radius 2 is 1.84 bits per heavy atom. The zero-order chi connectivity index (χ0) is 14.0. The number of methoxy groups -OCH3 is 1. The minimum Gasteiger partial charge on any atom is -0.496 e. The number of aliphatic hydroxyl groups excluding tert-OH is 1. The monoisotopic (exact) mass is 257 g/mol. The van der Waals surface area contributed by atoms with Crippen molar-refractivity contribution in [2.75, 3.05) is 12.8 Å². The van der Waals surface area contributed by atoms with Gasteiger partial charge in [-0.25, -0.2) is 0 Å². The molecular formula is C16H19NO2. The topological polar surface area (TPSA) is 55.5 Å². The molecule has 100 valence electrons. The van der Waals surface area contributed by atoms with Crippen molar-refractivity contribution in [2.24, 2.45) is 0 Å². The Kier molecular flexibility index (Phi) is 3.76. The fourth-order valence-corrected chi connectivity index (χ4v) is 2.25. The Morgan fingerprint density at radius 3 is 2.53 bits per heavy atom. The highest BCUT2D eigenvalue weighted by Crippen LogP contribution is 2.32. The molecule has 0 amide bonds. The number of ether oxygens (including phenoxy) is 1. The molecular weight excluding hydrogens is 238 g/mol. The van der Waals surface area contributed by atoms with Crippen LogP contribution < -0.4 is 10.5 Å². The van der Waals surface area contributed by atoms with Crippen molar-refractivity contribution in [1.29, 1.82) is 0 Å². The lowest BCUT2D eigenvalue weighted by molar-refractivity contribution is 0.219. The summed E-state index contributed by atoms with van der Waals surface area (Å²) in [6, 6.07) is 11.3. The van der Waals surface area contributed by atoms with Gasteiger partial charge in [-0.15, -0.1) is 0 Å². The molecule has 1 atom stereocenters. The van der Waals surface area contributed by atoms with Crippen molar-refractivity contribution >= 4 is 5.69 Å². The van der Waals surface area contributed by atoms with Gasteiger partial charge in [0, 0.05) is 11.3 Å². The van der Waals surface area contributed by atoms with Crippen LogP contribution in [-0.2, 0) is 0 Å². The van der Waals surface area contributed by atoms with Gasteiger partial charge in [0.15, 0.2) is 0 Å². The van der Waals surface area contributed by atoms with E-state index >= 15 is 0 Å². The third-order valence-corrected chi connectivity index (χ3v) is 3.38. The first kappa shape index (κ1) is 13.4. The lowest BCUT2D eigenvalue weighted by Crippen LogP contribution is -2.06. The van der Waals surface area contributed by atoms with Crippen molar-refractivity contribution in [3.05, 3.63) is 58.7 Å². The van der Waals surface area contributed by atoms with Crippen molar-refractivity contribution in [2.45, 2.75) is 20.0 Å². The number of hydrogen-bond donors (Lipinski definition) is 2. The summed E-state index contributed by atoms with van der Waals surface area (Å²) in [5.74, 6) is 0.766. The first-order chi connectivity index (χ1) is 9.04. The lowest BCUT2D eigenvalue weighted by atomic mass is 9.95. The average Bonchev–Trinajstić information content (AvgIpc) is 2.41. The standard InChI is InChI=1S/C16H19NO2/c1-10-7-8-14(17)13(9-10)16(18)12-5-4-6-15(19-3)11(12)2/h4-9,16,18H,17H2,1-3H3/t16-/m1/s1. The van der Waals surface area contributed by atoms with Gasteiger partial charge < -0.3 is 15.6 Å². The lowest BCUT2D eigenvalue weighted by Gasteiger charge is -2.18. The zero-order valence-corrected chi connectivity index (χ0v) is 11.5. The van der Waals surface area contributed by atoms with Crippen LogP contribution in [0.5, 0.6) is 5.75 Å². The number of nitrogens with two attached hydrogens (primary N) is 1. The number of nitrogen functional groups attached to an aromatic ring is 1. The SMILES string of the molecule is COc1cccc([C@@H](O)c2cc(C)ccc2N)c1C. The molecule has 0 radical (unpaired) electrons.